The maximum Gasteiger partial charge on any atom is -0.00179 e. The van der Waals surface area contributed by atoms with Gasteiger partial charge in [-0.2, -0.15) is 0 Å². The van der Waals surface area contributed by atoms with E-state index in [1.807, 2.05) is 0 Å². The molecule has 66 valence electrons. The first kappa shape index (κ1) is 8.10. The molecule has 0 saturated heterocycles. The quantitative estimate of drug-likeness (QED) is 0.476. The molecule has 0 spiro atoms. The van der Waals surface area contributed by atoms with Gasteiger partial charge in [-0.1, -0.05) is 37.6 Å². The van der Waals surface area contributed by atoms with Gasteiger partial charge >= 0.3 is 0 Å². The van der Waals surface area contributed by atoms with Crippen molar-refractivity contribution in [2.75, 3.05) is 0 Å². The van der Waals surface area contributed by atoms with Crippen LogP contribution in [0.5, 0.6) is 0 Å². The molecule has 2 aliphatic carbocycles. The van der Waals surface area contributed by atoms with Gasteiger partial charge in [-0.15, -0.1) is 0 Å². The molecule has 0 heterocycles. The summed E-state index contributed by atoms with van der Waals surface area (Å²) in [6.07, 6.45) is 12.4. The number of rotatable bonds is 0. The Labute approximate surface area is 75.4 Å². The summed E-state index contributed by atoms with van der Waals surface area (Å²) >= 11 is 0. The van der Waals surface area contributed by atoms with Crippen LogP contribution in [0.15, 0.2) is 23.8 Å². The van der Waals surface area contributed by atoms with Crippen LogP contribution < -0.4 is 0 Å². The Hall–Kier alpha value is -0.520. The first-order chi connectivity index (χ1) is 5.67. The van der Waals surface area contributed by atoms with Crippen molar-refractivity contribution in [2.45, 2.75) is 39.5 Å². The summed E-state index contributed by atoms with van der Waals surface area (Å²) in [5.74, 6) is 0.780. The summed E-state index contributed by atoms with van der Waals surface area (Å²) < 4.78 is 0. The molecule has 1 fully saturated rings. The fourth-order valence-corrected chi connectivity index (χ4v) is 2.52. The standard InChI is InChI=1S/C12H18/c1-12(2)8-10-6-4-3-5-7-11(10)9-12/h4,6-7,10H,3,5,8-9H2,1-2H3. The molecular weight excluding hydrogens is 144 g/mol. The predicted molar refractivity (Wildman–Crippen MR) is 53.0 cm³/mol. The van der Waals surface area contributed by atoms with Gasteiger partial charge in [-0.25, -0.2) is 0 Å². The minimum absolute atomic E-state index is 0.554. The van der Waals surface area contributed by atoms with E-state index in [0.717, 1.165) is 5.92 Å². The van der Waals surface area contributed by atoms with Crippen LogP contribution in [0.1, 0.15) is 39.5 Å². The van der Waals surface area contributed by atoms with Crippen molar-refractivity contribution in [3.8, 4) is 0 Å². The molecule has 1 atom stereocenters. The van der Waals surface area contributed by atoms with E-state index in [1.54, 1.807) is 5.57 Å². The second-order valence-corrected chi connectivity index (χ2v) is 4.94. The van der Waals surface area contributed by atoms with E-state index in [1.165, 1.54) is 25.7 Å². The third-order valence-corrected chi connectivity index (χ3v) is 3.04. The van der Waals surface area contributed by atoms with Gasteiger partial charge < -0.3 is 0 Å². The maximum atomic E-state index is 2.47. The summed E-state index contributed by atoms with van der Waals surface area (Å²) in [4.78, 5) is 0. The first-order valence-corrected chi connectivity index (χ1v) is 5.03. The topological polar surface area (TPSA) is 0 Å². The molecule has 12 heavy (non-hydrogen) atoms. The summed E-state index contributed by atoms with van der Waals surface area (Å²) in [6, 6.07) is 0. The average molecular weight is 162 g/mol. The molecule has 0 aromatic carbocycles. The van der Waals surface area contributed by atoms with Gasteiger partial charge in [0.15, 0.2) is 0 Å². The average Bonchev–Trinajstić information content (AvgIpc) is 2.17. The second-order valence-electron chi connectivity index (χ2n) is 4.94. The Balaban J connectivity index is 2.22. The number of allylic oxidation sites excluding steroid dienone is 4. The Bertz CT molecular complexity index is 230. The lowest BCUT2D eigenvalue weighted by Gasteiger charge is -2.15. The van der Waals surface area contributed by atoms with E-state index in [2.05, 4.69) is 32.1 Å². The molecule has 2 rings (SSSR count). The smallest absolute Gasteiger partial charge is 0.00179 e. The molecule has 0 heteroatoms. The van der Waals surface area contributed by atoms with Crippen molar-refractivity contribution in [1.82, 2.24) is 0 Å². The van der Waals surface area contributed by atoms with E-state index in [-0.39, 0.29) is 0 Å². The molecular formula is C12H18. The monoisotopic (exact) mass is 162 g/mol. The summed E-state index contributed by atoms with van der Waals surface area (Å²) in [5.41, 5.74) is 2.26. The van der Waals surface area contributed by atoms with Gasteiger partial charge in [0.25, 0.3) is 0 Å². The Kier molecular flexibility index (Phi) is 1.86. The zero-order valence-electron chi connectivity index (χ0n) is 8.14. The molecule has 2 aliphatic rings. The molecule has 0 radical (unpaired) electrons. The van der Waals surface area contributed by atoms with Gasteiger partial charge in [-0.3, -0.25) is 0 Å². The van der Waals surface area contributed by atoms with Gasteiger partial charge in [0.2, 0.25) is 0 Å². The second kappa shape index (κ2) is 2.76. The van der Waals surface area contributed by atoms with Gasteiger partial charge in [0.05, 0.1) is 0 Å². The number of fused-ring (bicyclic) bond motifs is 1. The highest BCUT2D eigenvalue weighted by Gasteiger charge is 2.33. The molecule has 0 aromatic rings. The van der Waals surface area contributed by atoms with Gasteiger partial charge in [-0.05, 0) is 37.0 Å². The molecule has 1 unspecified atom stereocenters. The molecule has 0 bridgehead atoms. The summed E-state index contributed by atoms with van der Waals surface area (Å²) in [6.45, 7) is 4.77. The highest BCUT2D eigenvalue weighted by molar-refractivity contribution is 5.23. The van der Waals surface area contributed by atoms with Crippen molar-refractivity contribution in [2.24, 2.45) is 11.3 Å². The van der Waals surface area contributed by atoms with Crippen molar-refractivity contribution in [3.05, 3.63) is 23.8 Å². The minimum Gasteiger partial charge on any atom is -0.0876 e. The van der Waals surface area contributed by atoms with Gasteiger partial charge in [0.1, 0.15) is 0 Å². The van der Waals surface area contributed by atoms with Crippen molar-refractivity contribution in [3.63, 3.8) is 0 Å². The van der Waals surface area contributed by atoms with Crippen LogP contribution in [0.3, 0.4) is 0 Å². The summed E-state index contributed by atoms with van der Waals surface area (Å²) in [5, 5.41) is 0. The predicted octanol–water partition coefficient (Wildman–Crippen LogP) is 3.70. The van der Waals surface area contributed by atoms with E-state index in [4.69, 9.17) is 0 Å². The molecule has 0 aliphatic heterocycles. The van der Waals surface area contributed by atoms with Crippen molar-refractivity contribution >= 4 is 0 Å². The highest BCUT2D eigenvalue weighted by Crippen LogP contribution is 2.46. The highest BCUT2D eigenvalue weighted by atomic mass is 14.4. The van der Waals surface area contributed by atoms with Crippen LogP contribution in [0, 0.1) is 11.3 Å². The fourth-order valence-electron chi connectivity index (χ4n) is 2.52. The SMILES string of the molecule is CC1(C)CC2=CCCC=CC2C1. The fraction of sp³-hybridized carbons (Fsp3) is 0.667. The largest absolute Gasteiger partial charge is 0.0876 e. The van der Waals surface area contributed by atoms with Crippen LogP contribution in [-0.4, -0.2) is 0 Å². The third kappa shape index (κ3) is 1.48. The van der Waals surface area contributed by atoms with Crippen molar-refractivity contribution in [1.29, 1.82) is 0 Å². The van der Waals surface area contributed by atoms with Crippen LogP contribution in [0.2, 0.25) is 0 Å². The maximum absolute atomic E-state index is 2.47. The molecule has 0 N–H and O–H groups in total. The van der Waals surface area contributed by atoms with E-state index in [9.17, 15) is 0 Å². The van der Waals surface area contributed by atoms with Crippen LogP contribution >= 0.6 is 0 Å². The van der Waals surface area contributed by atoms with Gasteiger partial charge in [0, 0.05) is 0 Å². The van der Waals surface area contributed by atoms with Crippen LogP contribution in [-0.2, 0) is 0 Å². The Morgan fingerprint density at radius 3 is 3.00 bits per heavy atom. The minimum atomic E-state index is 0.554. The number of hydrogen-bond donors (Lipinski definition) is 0. The summed E-state index contributed by atoms with van der Waals surface area (Å²) in [7, 11) is 0. The normalized spacial score (nSPS) is 32.5. The van der Waals surface area contributed by atoms with Crippen molar-refractivity contribution < 1.29 is 0 Å². The van der Waals surface area contributed by atoms with Crippen LogP contribution in [0.25, 0.3) is 0 Å². The zero-order chi connectivity index (χ0) is 8.60. The lowest BCUT2D eigenvalue weighted by Crippen LogP contribution is -2.04. The van der Waals surface area contributed by atoms with Crippen LogP contribution in [0.4, 0.5) is 0 Å². The lowest BCUT2D eigenvalue weighted by atomic mass is 9.90. The molecule has 1 saturated carbocycles. The van der Waals surface area contributed by atoms with E-state index >= 15 is 0 Å². The van der Waals surface area contributed by atoms with E-state index < -0.39 is 0 Å². The number of hydrogen-bond acceptors (Lipinski definition) is 0. The third-order valence-electron chi connectivity index (χ3n) is 3.04. The van der Waals surface area contributed by atoms with E-state index in [0.29, 0.717) is 5.41 Å². The molecule has 0 aromatic heterocycles. The zero-order valence-corrected chi connectivity index (χ0v) is 8.14. The first-order valence-electron chi connectivity index (χ1n) is 5.03. The molecule has 0 nitrogen and oxygen atoms in total. The molecule has 0 amide bonds. The Morgan fingerprint density at radius 1 is 1.33 bits per heavy atom. The Morgan fingerprint density at radius 2 is 2.17 bits per heavy atom. The lowest BCUT2D eigenvalue weighted by molar-refractivity contribution is 0.374.